The van der Waals surface area contributed by atoms with E-state index in [-0.39, 0.29) is 11.2 Å². The minimum absolute atomic E-state index is 0.0541. The van der Waals surface area contributed by atoms with Crippen molar-refractivity contribution in [2.45, 2.75) is 26.3 Å². The van der Waals surface area contributed by atoms with Gasteiger partial charge in [0.05, 0.1) is 0 Å². The first-order valence-electron chi connectivity index (χ1n) is 5.92. The van der Waals surface area contributed by atoms with Crippen LogP contribution >= 0.6 is 0 Å². The van der Waals surface area contributed by atoms with Crippen LogP contribution in [0, 0.1) is 0 Å². The number of nitrogens with one attached hydrogen (secondary N) is 1. The van der Waals surface area contributed by atoms with E-state index in [0.29, 0.717) is 5.89 Å². The third-order valence-electron chi connectivity index (χ3n) is 2.35. The summed E-state index contributed by atoms with van der Waals surface area (Å²) in [7, 11) is 0. The first-order valence-corrected chi connectivity index (χ1v) is 5.92. The van der Waals surface area contributed by atoms with Crippen LogP contribution in [0.4, 0.5) is 5.69 Å². The summed E-state index contributed by atoms with van der Waals surface area (Å²) < 4.78 is 5.18. The molecule has 0 bridgehead atoms. The van der Waals surface area contributed by atoms with Gasteiger partial charge in [0, 0.05) is 16.8 Å². The summed E-state index contributed by atoms with van der Waals surface area (Å²) >= 11 is 0. The molecule has 0 atom stereocenters. The van der Waals surface area contributed by atoms with Gasteiger partial charge in [-0.15, -0.1) is 0 Å². The fourth-order valence-electron chi connectivity index (χ4n) is 1.67. The number of carboxylic acids is 1. The van der Waals surface area contributed by atoms with Crippen molar-refractivity contribution in [1.82, 2.24) is 4.98 Å². The number of aromatic nitrogens is 1. The average molecular weight is 260 g/mol. The Labute approximate surface area is 111 Å². The molecule has 0 unspecified atom stereocenters. The van der Waals surface area contributed by atoms with Crippen LogP contribution in [-0.4, -0.2) is 21.6 Å². The molecule has 0 amide bonds. The zero-order valence-electron chi connectivity index (χ0n) is 11.1. The Hall–Kier alpha value is -2.30. The van der Waals surface area contributed by atoms with Crippen LogP contribution < -0.4 is 5.32 Å². The molecule has 0 aliphatic carbocycles. The molecular formula is C14H16N2O3. The molecule has 0 radical (unpaired) electrons. The third-order valence-corrected chi connectivity index (χ3v) is 2.35. The third kappa shape index (κ3) is 3.34. The van der Waals surface area contributed by atoms with Gasteiger partial charge < -0.3 is 14.8 Å². The SMILES string of the molecule is CC(C)(C)Nc1cccc(-c2nc(C(=O)O)co2)c1. The van der Waals surface area contributed by atoms with E-state index >= 15 is 0 Å². The van der Waals surface area contributed by atoms with Crippen molar-refractivity contribution in [2.75, 3.05) is 5.32 Å². The molecule has 5 heteroatoms. The van der Waals surface area contributed by atoms with Crippen molar-refractivity contribution in [2.24, 2.45) is 0 Å². The van der Waals surface area contributed by atoms with Gasteiger partial charge in [-0.1, -0.05) is 6.07 Å². The van der Waals surface area contributed by atoms with Gasteiger partial charge in [0.1, 0.15) is 6.26 Å². The van der Waals surface area contributed by atoms with Crippen molar-refractivity contribution in [1.29, 1.82) is 0 Å². The lowest BCUT2D eigenvalue weighted by molar-refractivity contribution is 0.0690. The molecule has 19 heavy (non-hydrogen) atoms. The predicted octanol–water partition coefficient (Wildman–Crippen LogP) is 3.25. The number of carbonyl (C=O) groups is 1. The van der Waals surface area contributed by atoms with Gasteiger partial charge in [0.15, 0.2) is 5.69 Å². The molecule has 2 rings (SSSR count). The second-order valence-electron chi connectivity index (χ2n) is 5.30. The summed E-state index contributed by atoms with van der Waals surface area (Å²) in [4.78, 5) is 14.7. The lowest BCUT2D eigenvalue weighted by atomic mass is 10.1. The van der Waals surface area contributed by atoms with Crippen molar-refractivity contribution in [3.63, 3.8) is 0 Å². The Balaban J connectivity index is 2.29. The number of benzene rings is 1. The van der Waals surface area contributed by atoms with Gasteiger partial charge in [-0.25, -0.2) is 9.78 Å². The summed E-state index contributed by atoms with van der Waals surface area (Å²) in [6, 6.07) is 7.51. The minimum atomic E-state index is -1.10. The zero-order chi connectivity index (χ0) is 14.0. The highest BCUT2D eigenvalue weighted by Crippen LogP contribution is 2.23. The van der Waals surface area contributed by atoms with E-state index in [0.717, 1.165) is 17.5 Å². The molecule has 0 fully saturated rings. The van der Waals surface area contributed by atoms with Gasteiger partial charge in [-0.05, 0) is 39.0 Å². The Kier molecular flexibility index (Phi) is 3.29. The second kappa shape index (κ2) is 4.76. The summed E-state index contributed by atoms with van der Waals surface area (Å²) in [5.41, 5.74) is 1.52. The Morgan fingerprint density at radius 3 is 2.68 bits per heavy atom. The van der Waals surface area contributed by atoms with Crippen LogP contribution in [0.5, 0.6) is 0 Å². The lowest BCUT2D eigenvalue weighted by Gasteiger charge is -2.22. The van der Waals surface area contributed by atoms with Crippen LogP contribution in [0.1, 0.15) is 31.3 Å². The number of hydrogen-bond acceptors (Lipinski definition) is 4. The standard InChI is InChI=1S/C14H16N2O3/c1-14(2,3)16-10-6-4-5-9(7-10)12-15-11(8-19-12)13(17)18/h4-8,16H,1-3H3,(H,17,18). The Morgan fingerprint density at radius 1 is 1.37 bits per heavy atom. The number of anilines is 1. The quantitative estimate of drug-likeness (QED) is 0.886. The first kappa shape index (κ1) is 13.1. The highest BCUT2D eigenvalue weighted by molar-refractivity contribution is 5.85. The molecule has 5 nitrogen and oxygen atoms in total. The molecule has 1 aromatic carbocycles. The maximum Gasteiger partial charge on any atom is 0.357 e. The highest BCUT2D eigenvalue weighted by atomic mass is 16.4. The number of oxazole rings is 1. The Morgan fingerprint density at radius 2 is 2.11 bits per heavy atom. The van der Waals surface area contributed by atoms with Crippen LogP contribution in [0.15, 0.2) is 34.9 Å². The fourth-order valence-corrected chi connectivity index (χ4v) is 1.67. The van der Waals surface area contributed by atoms with Crippen LogP contribution in [0.25, 0.3) is 11.5 Å². The highest BCUT2D eigenvalue weighted by Gasteiger charge is 2.13. The average Bonchev–Trinajstić information content (AvgIpc) is 2.76. The Bertz CT molecular complexity index is 597. The topological polar surface area (TPSA) is 75.4 Å². The monoisotopic (exact) mass is 260 g/mol. The number of aromatic carboxylic acids is 1. The smallest absolute Gasteiger partial charge is 0.357 e. The minimum Gasteiger partial charge on any atom is -0.476 e. The molecule has 2 N–H and O–H groups in total. The van der Waals surface area contributed by atoms with E-state index in [1.165, 1.54) is 0 Å². The predicted molar refractivity (Wildman–Crippen MR) is 72.3 cm³/mol. The van der Waals surface area contributed by atoms with Crippen LogP contribution in [0.2, 0.25) is 0 Å². The van der Waals surface area contributed by atoms with Crippen LogP contribution in [0.3, 0.4) is 0 Å². The maximum absolute atomic E-state index is 10.8. The molecule has 0 spiro atoms. The van der Waals surface area contributed by atoms with Gasteiger partial charge in [-0.2, -0.15) is 0 Å². The molecule has 0 aliphatic heterocycles. The van der Waals surface area contributed by atoms with E-state index in [1.807, 2.05) is 24.3 Å². The summed E-state index contributed by atoms with van der Waals surface area (Å²) in [5, 5.41) is 12.2. The molecule has 1 heterocycles. The van der Waals surface area contributed by atoms with Gasteiger partial charge in [-0.3, -0.25) is 0 Å². The zero-order valence-corrected chi connectivity index (χ0v) is 11.1. The molecule has 2 aromatic rings. The van der Waals surface area contributed by atoms with Gasteiger partial charge in [0.2, 0.25) is 5.89 Å². The van der Waals surface area contributed by atoms with E-state index in [4.69, 9.17) is 9.52 Å². The van der Waals surface area contributed by atoms with Gasteiger partial charge >= 0.3 is 5.97 Å². The number of nitrogens with zero attached hydrogens (tertiary/aromatic N) is 1. The molecule has 100 valence electrons. The van der Waals surface area contributed by atoms with E-state index in [2.05, 4.69) is 31.1 Å². The number of rotatable bonds is 3. The normalized spacial score (nSPS) is 11.3. The molecule has 0 aliphatic rings. The number of carboxylic acid groups (broad SMARTS) is 1. The van der Waals surface area contributed by atoms with Crippen molar-refractivity contribution in [3.05, 3.63) is 36.2 Å². The van der Waals surface area contributed by atoms with Crippen molar-refractivity contribution < 1.29 is 14.3 Å². The molecule has 1 aromatic heterocycles. The van der Waals surface area contributed by atoms with Gasteiger partial charge in [0.25, 0.3) is 0 Å². The van der Waals surface area contributed by atoms with Crippen molar-refractivity contribution >= 4 is 11.7 Å². The van der Waals surface area contributed by atoms with E-state index in [9.17, 15) is 4.79 Å². The van der Waals surface area contributed by atoms with Crippen LogP contribution in [-0.2, 0) is 0 Å². The first-order chi connectivity index (χ1) is 8.85. The summed E-state index contributed by atoms with van der Waals surface area (Å²) in [6.45, 7) is 6.19. The maximum atomic E-state index is 10.8. The number of hydrogen-bond donors (Lipinski definition) is 2. The summed E-state index contributed by atoms with van der Waals surface area (Å²) in [5.74, 6) is -0.797. The largest absolute Gasteiger partial charge is 0.476 e. The lowest BCUT2D eigenvalue weighted by Crippen LogP contribution is -2.25. The van der Waals surface area contributed by atoms with E-state index < -0.39 is 5.97 Å². The van der Waals surface area contributed by atoms with Crippen molar-refractivity contribution in [3.8, 4) is 11.5 Å². The summed E-state index contributed by atoms with van der Waals surface area (Å²) in [6.07, 6.45) is 1.14. The molecular weight excluding hydrogens is 244 g/mol. The second-order valence-corrected chi connectivity index (χ2v) is 5.30. The molecule has 0 saturated heterocycles. The van der Waals surface area contributed by atoms with E-state index in [1.54, 1.807) is 0 Å². The fraction of sp³-hybridized carbons (Fsp3) is 0.286. The molecule has 0 saturated carbocycles.